The molecule has 1 N–H and O–H groups in total. The Kier molecular flexibility index (Phi) is 5.76. The molecule has 0 atom stereocenters. The molecular formula is C22H22FN5O. The summed E-state index contributed by atoms with van der Waals surface area (Å²) in [6.07, 6.45) is 3.01. The van der Waals surface area contributed by atoms with Gasteiger partial charge in [-0.3, -0.25) is 9.69 Å². The maximum Gasteiger partial charge on any atom is 0.257 e. The van der Waals surface area contributed by atoms with Crippen LogP contribution in [0.25, 0.3) is 0 Å². The van der Waals surface area contributed by atoms with E-state index in [0.29, 0.717) is 30.3 Å². The molecule has 1 aromatic heterocycles. The van der Waals surface area contributed by atoms with Crippen LogP contribution in [0, 0.1) is 5.82 Å². The Morgan fingerprint density at radius 1 is 0.966 bits per heavy atom. The molecule has 2 aromatic carbocycles. The highest BCUT2D eigenvalue weighted by atomic mass is 19.1. The molecule has 0 aliphatic carbocycles. The Hall–Kier alpha value is -3.32. The average molecular weight is 391 g/mol. The predicted octanol–water partition coefficient (Wildman–Crippen LogP) is 3.32. The molecule has 0 unspecified atom stereocenters. The maximum atomic E-state index is 13.3. The number of piperazine rings is 1. The van der Waals surface area contributed by atoms with Crippen LogP contribution in [0.3, 0.4) is 0 Å². The summed E-state index contributed by atoms with van der Waals surface area (Å²) in [5, 5.41) is 2.93. The van der Waals surface area contributed by atoms with Gasteiger partial charge in [0.25, 0.3) is 5.91 Å². The standard InChI is InChI=1S/C22H22FN5O/c23-19-7-4-8-20(13-19)26-22-24-14-18(15-25-22)21(29)28-11-9-27(10-12-28)16-17-5-2-1-3-6-17/h1-8,13-15H,9-12,16H2,(H,24,25,26). The molecule has 0 bridgehead atoms. The molecule has 2 heterocycles. The number of amides is 1. The number of anilines is 2. The van der Waals surface area contributed by atoms with Gasteiger partial charge in [0.15, 0.2) is 0 Å². The Morgan fingerprint density at radius 2 is 1.69 bits per heavy atom. The normalized spacial score (nSPS) is 14.6. The number of benzene rings is 2. The first-order chi connectivity index (χ1) is 14.2. The molecule has 0 radical (unpaired) electrons. The first kappa shape index (κ1) is 19.0. The zero-order chi connectivity index (χ0) is 20.1. The smallest absolute Gasteiger partial charge is 0.257 e. The molecule has 1 amide bonds. The molecule has 7 heteroatoms. The van der Waals surface area contributed by atoms with Gasteiger partial charge in [-0.25, -0.2) is 14.4 Å². The van der Waals surface area contributed by atoms with E-state index in [-0.39, 0.29) is 11.7 Å². The van der Waals surface area contributed by atoms with Crippen LogP contribution in [-0.4, -0.2) is 51.9 Å². The molecule has 0 spiro atoms. The van der Waals surface area contributed by atoms with E-state index >= 15 is 0 Å². The third kappa shape index (κ3) is 4.94. The third-order valence-corrected chi connectivity index (χ3v) is 4.89. The summed E-state index contributed by atoms with van der Waals surface area (Å²) >= 11 is 0. The van der Waals surface area contributed by atoms with Gasteiger partial charge in [-0.2, -0.15) is 0 Å². The van der Waals surface area contributed by atoms with Gasteiger partial charge < -0.3 is 10.2 Å². The Morgan fingerprint density at radius 3 is 2.38 bits per heavy atom. The summed E-state index contributed by atoms with van der Waals surface area (Å²) in [6.45, 7) is 3.91. The molecule has 3 aromatic rings. The van der Waals surface area contributed by atoms with Crippen molar-refractivity contribution >= 4 is 17.5 Å². The second-order valence-corrected chi connectivity index (χ2v) is 6.98. The van der Waals surface area contributed by atoms with Gasteiger partial charge in [-0.1, -0.05) is 36.4 Å². The van der Waals surface area contributed by atoms with Crippen LogP contribution in [-0.2, 0) is 6.54 Å². The van der Waals surface area contributed by atoms with E-state index in [9.17, 15) is 9.18 Å². The number of carbonyl (C=O) groups is 1. The predicted molar refractivity (Wildman–Crippen MR) is 109 cm³/mol. The van der Waals surface area contributed by atoms with Crippen LogP contribution in [0.1, 0.15) is 15.9 Å². The van der Waals surface area contributed by atoms with E-state index in [2.05, 4.69) is 32.3 Å². The number of halogens is 1. The molecule has 1 fully saturated rings. The highest BCUT2D eigenvalue weighted by Gasteiger charge is 2.22. The minimum absolute atomic E-state index is 0.0679. The summed E-state index contributed by atoms with van der Waals surface area (Å²) in [4.78, 5) is 25.3. The minimum Gasteiger partial charge on any atom is -0.336 e. The van der Waals surface area contributed by atoms with E-state index in [0.717, 1.165) is 19.6 Å². The average Bonchev–Trinajstić information content (AvgIpc) is 2.75. The lowest BCUT2D eigenvalue weighted by Crippen LogP contribution is -2.48. The van der Waals surface area contributed by atoms with Crippen molar-refractivity contribution in [1.29, 1.82) is 0 Å². The van der Waals surface area contributed by atoms with Crippen molar-refractivity contribution in [2.24, 2.45) is 0 Å². The quantitative estimate of drug-likeness (QED) is 0.723. The molecule has 6 nitrogen and oxygen atoms in total. The van der Waals surface area contributed by atoms with Crippen LogP contribution < -0.4 is 5.32 Å². The Balaban J connectivity index is 1.32. The first-order valence-electron chi connectivity index (χ1n) is 9.57. The fourth-order valence-corrected chi connectivity index (χ4v) is 3.33. The topological polar surface area (TPSA) is 61.4 Å². The zero-order valence-electron chi connectivity index (χ0n) is 16.0. The molecule has 0 saturated carbocycles. The second-order valence-electron chi connectivity index (χ2n) is 6.98. The van der Waals surface area contributed by atoms with Gasteiger partial charge in [0.05, 0.1) is 5.56 Å². The number of nitrogens with one attached hydrogen (secondary N) is 1. The van der Waals surface area contributed by atoms with Crippen molar-refractivity contribution in [2.45, 2.75) is 6.54 Å². The molecule has 1 aliphatic heterocycles. The zero-order valence-corrected chi connectivity index (χ0v) is 16.0. The maximum absolute atomic E-state index is 13.3. The van der Waals surface area contributed by atoms with E-state index < -0.39 is 0 Å². The van der Waals surface area contributed by atoms with E-state index in [4.69, 9.17) is 0 Å². The monoisotopic (exact) mass is 391 g/mol. The van der Waals surface area contributed by atoms with Crippen LogP contribution >= 0.6 is 0 Å². The second kappa shape index (κ2) is 8.79. The number of aromatic nitrogens is 2. The van der Waals surface area contributed by atoms with Gasteiger partial charge in [0.2, 0.25) is 5.95 Å². The Bertz CT molecular complexity index is 956. The lowest BCUT2D eigenvalue weighted by atomic mass is 10.2. The number of hydrogen-bond acceptors (Lipinski definition) is 5. The van der Waals surface area contributed by atoms with Crippen molar-refractivity contribution in [3.8, 4) is 0 Å². The molecule has 4 rings (SSSR count). The van der Waals surface area contributed by atoms with Gasteiger partial charge in [-0.15, -0.1) is 0 Å². The van der Waals surface area contributed by atoms with Crippen molar-refractivity contribution < 1.29 is 9.18 Å². The summed E-state index contributed by atoms with van der Waals surface area (Å²) in [5.74, 6) is -0.0882. The molecule has 148 valence electrons. The van der Waals surface area contributed by atoms with Crippen molar-refractivity contribution in [3.05, 3.63) is 83.9 Å². The molecular weight excluding hydrogens is 369 g/mol. The van der Waals surface area contributed by atoms with Crippen LogP contribution in [0.4, 0.5) is 16.0 Å². The molecule has 1 aliphatic rings. The fourth-order valence-electron chi connectivity index (χ4n) is 3.33. The first-order valence-corrected chi connectivity index (χ1v) is 9.57. The van der Waals surface area contributed by atoms with Gasteiger partial charge in [-0.05, 0) is 23.8 Å². The van der Waals surface area contributed by atoms with Crippen LogP contribution in [0.5, 0.6) is 0 Å². The molecule has 1 saturated heterocycles. The largest absolute Gasteiger partial charge is 0.336 e. The summed E-state index contributed by atoms with van der Waals surface area (Å²) in [5.41, 5.74) is 2.28. The Labute approximate surface area is 169 Å². The third-order valence-electron chi connectivity index (χ3n) is 4.89. The number of rotatable bonds is 5. The van der Waals surface area contributed by atoms with Gasteiger partial charge in [0.1, 0.15) is 5.82 Å². The highest BCUT2D eigenvalue weighted by Crippen LogP contribution is 2.15. The minimum atomic E-state index is -0.340. The summed E-state index contributed by atoms with van der Waals surface area (Å²) in [7, 11) is 0. The van der Waals surface area contributed by atoms with Gasteiger partial charge >= 0.3 is 0 Å². The summed E-state index contributed by atoms with van der Waals surface area (Å²) < 4.78 is 13.3. The number of nitrogens with zero attached hydrogens (tertiary/aromatic N) is 4. The molecule has 29 heavy (non-hydrogen) atoms. The van der Waals surface area contributed by atoms with E-state index in [1.54, 1.807) is 12.1 Å². The lowest BCUT2D eigenvalue weighted by molar-refractivity contribution is 0.0627. The number of carbonyl (C=O) groups excluding carboxylic acids is 1. The van der Waals surface area contributed by atoms with E-state index in [1.165, 1.54) is 30.1 Å². The fraction of sp³-hybridized carbons (Fsp3) is 0.227. The lowest BCUT2D eigenvalue weighted by Gasteiger charge is -2.34. The van der Waals surface area contributed by atoms with Crippen molar-refractivity contribution in [1.82, 2.24) is 19.8 Å². The summed E-state index contributed by atoms with van der Waals surface area (Å²) in [6, 6.07) is 16.4. The van der Waals surface area contributed by atoms with E-state index in [1.807, 2.05) is 23.1 Å². The van der Waals surface area contributed by atoms with Gasteiger partial charge in [0, 0.05) is 50.8 Å². The SMILES string of the molecule is O=C(c1cnc(Nc2cccc(F)c2)nc1)N1CCN(Cc2ccccc2)CC1. The van der Waals surface area contributed by atoms with Crippen LogP contribution in [0.2, 0.25) is 0 Å². The van der Waals surface area contributed by atoms with Crippen molar-refractivity contribution in [2.75, 3.05) is 31.5 Å². The van der Waals surface area contributed by atoms with Crippen LogP contribution in [0.15, 0.2) is 67.0 Å². The highest BCUT2D eigenvalue weighted by molar-refractivity contribution is 5.93. The van der Waals surface area contributed by atoms with Crippen molar-refractivity contribution in [3.63, 3.8) is 0 Å². The number of hydrogen-bond donors (Lipinski definition) is 1.